The Morgan fingerprint density at radius 1 is 1.06 bits per heavy atom. The van der Waals surface area contributed by atoms with Crippen molar-refractivity contribution < 1.29 is 5.11 Å². The van der Waals surface area contributed by atoms with E-state index >= 15 is 0 Å². The van der Waals surface area contributed by atoms with Crippen molar-refractivity contribution in [1.82, 2.24) is 4.90 Å². The number of rotatable bonds is 5. The molecule has 0 spiro atoms. The molecule has 0 aromatic rings. The lowest BCUT2D eigenvalue weighted by Crippen LogP contribution is -2.62. The fourth-order valence-electron chi connectivity index (χ4n) is 4.07. The van der Waals surface area contributed by atoms with Crippen LogP contribution in [0.1, 0.15) is 65.2 Å². The van der Waals surface area contributed by atoms with Crippen LogP contribution in [0.5, 0.6) is 0 Å². The summed E-state index contributed by atoms with van der Waals surface area (Å²) in [5.74, 6) is 0. The van der Waals surface area contributed by atoms with Gasteiger partial charge in [-0.3, -0.25) is 4.90 Å². The molecule has 2 rings (SSSR count). The van der Waals surface area contributed by atoms with E-state index in [9.17, 15) is 5.11 Å². The van der Waals surface area contributed by atoms with E-state index in [0.717, 1.165) is 6.42 Å². The Labute approximate surface area is 106 Å². The number of likely N-dealkylation sites (tertiary alicyclic amines) is 1. The highest BCUT2D eigenvalue weighted by atomic mass is 16.3. The quantitative estimate of drug-likeness (QED) is 0.796. The molecule has 0 amide bonds. The lowest BCUT2D eigenvalue weighted by Gasteiger charge is -2.55. The van der Waals surface area contributed by atoms with E-state index in [4.69, 9.17) is 0 Å². The Balaban J connectivity index is 1.86. The fourth-order valence-corrected chi connectivity index (χ4v) is 4.07. The van der Waals surface area contributed by atoms with Crippen LogP contribution in [-0.4, -0.2) is 35.2 Å². The van der Waals surface area contributed by atoms with E-state index in [1.54, 1.807) is 0 Å². The van der Waals surface area contributed by atoms with Gasteiger partial charge in [-0.05, 0) is 31.1 Å². The molecule has 2 atom stereocenters. The Hall–Kier alpha value is -0.0800. The molecule has 2 aliphatic rings. The smallest absolute Gasteiger partial charge is 0.0695 e. The maximum atomic E-state index is 10.1. The van der Waals surface area contributed by atoms with Crippen LogP contribution < -0.4 is 0 Å². The van der Waals surface area contributed by atoms with Gasteiger partial charge in [0.15, 0.2) is 0 Å². The van der Waals surface area contributed by atoms with Crippen LogP contribution >= 0.6 is 0 Å². The molecule has 0 radical (unpaired) electrons. The van der Waals surface area contributed by atoms with Crippen LogP contribution in [0.3, 0.4) is 0 Å². The van der Waals surface area contributed by atoms with E-state index in [2.05, 4.69) is 18.7 Å². The normalized spacial score (nSPS) is 33.4. The van der Waals surface area contributed by atoms with Gasteiger partial charge in [0.1, 0.15) is 0 Å². The summed E-state index contributed by atoms with van der Waals surface area (Å²) in [5, 5.41) is 10.1. The van der Waals surface area contributed by atoms with E-state index < -0.39 is 0 Å². The van der Waals surface area contributed by atoms with Gasteiger partial charge in [-0.1, -0.05) is 39.5 Å². The second-order valence-corrected chi connectivity index (χ2v) is 6.32. The third-order valence-electron chi connectivity index (χ3n) is 4.80. The van der Waals surface area contributed by atoms with Crippen LogP contribution in [-0.2, 0) is 0 Å². The molecule has 17 heavy (non-hydrogen) atoms. The first-order valence-corrected chi connectivity index (χ1v) is 7.63. The molecule has 0 aromatic heterocycles. The minimum atomic E-state index is -0.0509. The van der Waals surface area contributed by atoms with Gasteiger partial charge in [-0.25, -0.2) is 0 Å². The second-order valence-electron chi connectivity index (χ2n) is 6.32. The lowest BCUT2D eigenvalue weighted by molar-refractivity contribution is -0.0895. The van der Waals surface area contributed by atoms with Gasteiger partial charge >= 0.3 is 0 Å². The maximum Gasteiger partial charge on any atom is 0.0695 e. The molecule has 1 N–H and O–H groups in total. The fraction of sp³-hybridized carbons (Fsp3) is 1.00. The summed E-state index contributed by atoms with van der Waals surface area (Å²) in [7, 11) is 0. The van der Waals surface area contributed by atoms with Crippen molar-refractivity contribution in [2.75, 3.05) is 13.1 Å². The summed E-state index contributed by atoms with van der Waals surface area (Å²) in [4.78, 5) is 2.56. The van der Waals surface area contributed by atoms with Crippen LogP contribution in [0.2, 0.25) is 0 Å². The summed E-state index contributed by atoms with van der Waals surface area (Å²) in [5.41, 5.74) is 0.598. The largest absolute Gasteiger partial charge is 0.391 e. The average Bonchev–Trinajstić information content (AvgIpc) is 2.26. The molecule has 2 heteroatoms. The molecule has 0 aromatic carbocycles. The monoisotopic (exact) mass is 239 g/mol. The van der Waals surface area contributed by atoms with Gasteiger partial charge in [0.25, 0.3) is 0 Å². The highest BCUT2D eigenvalue weighted by molar-refractivity contribution is 4.99. The summed E-state index contributed by atoms with van der Waals surface area (Å²) in [6.07, 6.45) is 10.1. The molecule has 2 fully saturated rings. The SMILES string of the molecule is CCCC1(CCC)CN(C2CCCCC2O)C1. The summed E-state index contributed by atoms with van der Waals surface area (Å²) < 4.78 is 0. The Morgan fingerprint density at radius 3 is 2.18 bits per heavy atom. The lowest BCUT2D eigenvalue weighted by atomic mass is 9.71. The van der Waals surface area contributed by atoms with Gasteiger partial charge in [0.05, 0.1) is 6.10 Å². The van der Waals surface area contributed by atoms with Crippen molar-refractivity contribution in [3.8, 4) is 0 Å². The molecule has 1 heterocycles. The van der Waals surface area contributed by atoms with Crippen molar-refractivity contribution in [3.63, 3.8) is 0 Å². The first-order valence-electron chi connectivity index (χ1n) is 7.63. The zero-order valence-electron chi connectivity index (χ0n) is 11.6. The zero-order valence-corrected chi connectivity index (χ0v) is 11.6. The Bertz CT molecular complexity index is 227. The Morgan fingerprint density at radius 2 is 1.65 bits per heavy atom. The number of hydrogen-bond donors (Lipinski definition) is 1. The van der Waals surface area contributed by atoms with Crippen molar-refractivity contribution >= 4 is 0 Å². The van der Waals surface area contributed by atoms with Gasteiger partial charge in [-0.15, -0.1) is 0 Å². The first kappa shape index (κ1) is 13.4. The Kier molecular flexibility index (Phi) is 4.48. The number of aliphatic hydroxyl groups is 1. The molecule has 1 saturated carbocycles. The third-order valence-corrected chi connectivity index (χ3v) is 4.80. The molecular formula is C15H29NO. The highest BCUT2D eigenvalue weighted by Gasteiger charge is 2.45. The van der Waals surface area contributed by atoms with E-state index in [1.165, 1.54) is 58.0 Å². The minimum Gasteiger partial charge on any atom is -0.391 e. The van der Waals surface area contributed by atoms with E-state index in [1.807, 2.05) is 0 Å². The topological polar surface area (TPSA) is 23.5 Å². The molecule has 2 nitrogen and oxygen atoms in total. The first-order chi connectivity index (χ1) is 8.21. The summed E-state index contributed by atoms with van der Waals surface area (Å²) in [6.45, 7) is 7.10. The minimum absolute atomic E-state index is 0.0509. The highest BCUT2D eigenvalue weighted by Crippen LogP contribution is 2.42. The van der Waals surface area contributed by atoms with Crippen molar-refractivity contribution in [1.29, 1.82) is 0 Å². The van der Waals surface area contributed by atoms with E-state index in [-0.39, 0.29) is 6.10 Å². The van der Waals surface area contributed by atoms with Crippen molar-refractivity contribution in [3.05, 3.63) is 0 Å². The van der Waals surface area contributed by atoms with Crippen molar-refractivity contribution in [2.45, 2.75) is 77.4 Å². The summed E-state index contributed by atoms with van der Waals surface area (Å²) in [6, 6.07) is 0.477. The van der Waals surface area contributed by atoms with Crippen LogP contribution in [0.15, 0.2) is 0 Å². The number of hydrogen-bond acceptors (Lipinski definition) is 2. The van der Waals surface area contributed by atoms with Gasteiger partial charge in [-0.2, -0.15) is 0 Å². The molecule has 1 aliphatic carbocycles. The van der Waals surface area contributed by atoms with Gasteiger partial charge in [0, 0.05) is 19.1 Å². The molecule has 0 bridgehead atoms. The van der Waals surface area contributed by atoms with Crippen LogP contribution in [0, 0.1) is 5.41 Å². The molecule has 100 valence electrons. The number of aliphatic hydroxyl groups excluding tert-OH is 1. The van der Waals surface area contributed by atoms with Crippen LogP contribution in [0.25, 0.3) is 0 Å². The zero-order chi connectivity index (χ0) is 12.3. The predicted octanol–water partition coefficient (Wildman–Crippen LogP) is 3.19. The molecule has 1 aliphatic heterocycles. The van der Waals surface area contributed by atoms with Gasteiger partial charge in [0.2, 0.25) is 0 Å². The predicted molar refractivity (Wildman–Crippen MR) is 72.1 cm³/mol. The maximum absolute atomic E-state index is 10.1. The number of nitrogens with zero attached hydrogens (tertiary/aromatic N) is 1. The molecule has 1 saturated heterocycles. The van der Waals surface area contributed by atoms with Gasteiger partial charge < -0.3 is 5.11 Å². The second kappa shape index (κ2) is 5.71. The molecular weight excluding hydrogens is 210 g/mol. The van der Waals surface area contributed by atoms with Crippen LogP contribution in [0.4, 0.5) is 0 Å². The van der Waals surface area contributed by atoms with E-state index in [0.29, 0.717) is 11.5 Å². The average molecular weight is 239 g/mol. The van der Waals surface area contributed by atoms with Crippen molar-refractivity contribution in [2.24, 2.45) is 5.41 Å². The molecule has 2 unspecified atom stereocenters. The standard InChI is InChI=1S/C15H29NO/c1-3-9-15(10-4-2)11-16(12-15)13-7-5-6-8-14(13)17/h13-14,17H,3-12H2,1-2H3. The summed E-state index contributed by atoms with van der Waals surface area (Å²) >= 11 is 0. The third kappa shape index (κ3) is 2.85.